The third-order valence-corrected chi connectivity index (χ3v) is 3.82. The van der Waals surface area contributed by atoms with Crippen LogP contribution in [0.3, 0.4) is 0 Å². The van der Waals surface area contributed by atoms with E-state index in [9.17, 15) is 9.59 Å². The second-order valence-corrected chi connectivity index (χ2v) is 6.36. The van der Waals surface area contributed by atoms with Crippen molar-refractivity contribution in [1.82, 2.24) is 5.32 Å². The van der Waals surface area contributed by atoms with Crippen molar-refractivity contribution in [3.05, 3.63) is 28.2 Å². The van der Waals surface area contributed by atoms with Gasteiger partial charge in [0, 0.05) is 12.0 Å². The van der Waals surface area contributed by atoms with Gasteiger partial charge in [-0.15, -0.1) is 0 Å². The molecule has 0 aliphatic carbocycles. The van der Waals surface area contributed by atoms with Gasteiger partial charge in [0.1, 0.15) is 10.8 Å². The molecule has 0 fully saturated rings. The third kappa shape index (κ3) is 5.73. The van der Waals surface area contributed by atoms with Gasteiger partial charge in [-0.05, 0) is 39.3 Å². The normalized spacial score (nSPS) is 12.6. The Balaban J connectivity index is 2.65. The van der Waals surface area contributed by atoms with Crippen molar-refractivity contribution in [2.45, 2.75) is 45.3 Å². The van der Waals surface area contributed by atoms with Gasteiger partial charge in [-0.2, -0.15) is 0 Å². The van der Waals surface area contributed by atoms with Crippen LogP contribution in [0.4, 0.5) is 0 Å². The van der Waals surface area contributed by atoms with Crippen LogP contribution in [0.25, 0.3) is 0 Å². The van der Waals surface area contributed by atoms with Crippen molar-refractivity contribution >= 4 is 35.1 Å². The first-order chi connectivity index (χ1) is 10.1. The Morgan fingerprint density at radius 2 is 2.00 bits per heavy atom. The van der Waals surface area contributed by atoms with E-state index in [1.807, 2.05) is 0 Å². The summed E-state index contributed by atoms with van der Waals surface area (Å²) in [5.41, 5.74) is -0.648. The van der Waals surface area contributed by atoms with Crippen molar-refractivity contribution in [2.24, 2.45) is 0 Å². The smallest absolute Gasteiger partial charge is 0.303 e. The Kier molecular flexibility index (Phi) is 6.50. The zero-order valence-corrected chi connectivity index (χ0v) is 14.2. The van der Waals surface area contributed by atoms with Crippen LogP contribution in [0.5, 0.6) is 5.75 Å². The van der Waals surface area contributed by atoms with Crippen LogP contribution in [0, 0.1) is 0 Å². The highest BCUT2D eigenvalue weighted by molar-refractivity contribution is 6.42. The Hall–Kier alpha value is -1.46. The van der Waals surface area contributed by atoms with E-state index in [1.165, 1.54) is 0 Å². The van der Waals surface area contributed by atoms with Crippen LogP contribution in [0.15, 0.2) is 18.2 Å². The lowest BCUT2D eigenvalue weighted by molar-refractivity contribution is -0.138. The quantitative estimate of drug-likeness (QED) is 0.791. The van der Waals surface area contributed by atoms with Gasteiger partial charge in [0.15, 0.2) is 6.10 Å². The Labute approximate surface area is 139 Å². The summed E-state index contributed by atoms with van der Waals surface area (Å²) in [5, 5.41) is 12.1. The van der Waals surface area contributed by atoms with E-state index in [1.54, 1.807) is 39.0 Å². The van der Waals surface area contributed by atoms with Gasteiger partial charge in [0.2, 0.25) is 0 Å². The first-order valence-corrected chi connectivity index (χ1v) is 7.52. The fourth-order valence-electron chi connectivity index (χ4n) is 1.74. The van der Waals surface area contributed by atoms with Crippen molar-refractivity contribution in [3.8, 4) is 5.75 Å². The third-order valence-electron chi connectivity index (χ3n) is 3.01. The highest BCUT2D eigenvalue weighted by Crippen LogP contribution is 2.32. The molecule has 0 saturated heterocycles. The highest BCUT2D eigenvalue weighted by atomic mass is 35.5. The van der Waals surface area contributed by atoms with Crippen LogP contribution < -0.4 is 10.1 Å². The molecule has 0 bridgehead atoms. The maximum atomic E-state index is 12.1. The molecule has 0 spiro atoms. The van der Waals surface area contributed by atoms with Gasteiger partial charge >= 0.3 is 5.97 Å². The Morgan fingerprint density at radius 3 is 2.59 bits per heavy atom. The summed E-state index contributed by atoms with van der Waals surface area (Å²) >= 11 is 11.9. The molecule has 0 aromatic heterocycles. The van der Waals surface area contributed by atoms with Gasteiger partial charge in [0.25, 0.3) is 5.91 Å². The summed E-state index contributed by atoms with van der Waals surface area (Å²) in [7, 11) is 0. The van der Waals surface area contributed by atoms with E-state index < -0.39 is 17.6 Å². The van der Waals surface area contributed by atoms with Crippen molar-refractivity contribution < 1.29 is 19.4 Å². The van der Waals surface area contributed by atoms with E-state index in [0.717, 1.165) is 0 Å². The van der Waals surface area contributed by atoms with Crippen molar-refractivity contribution in [1.29, 1.82) is 0 Å². The van der Waals surface area contributed by atoms with Gasteiger partial charge in [-0.1, -0.05) is 29.3 Å². The number of rotatable bonds is 7. The number of benzene rings is 1. The molecule has 5 nitrogen and oxygen atoms in total. The number of halogens is 2. The first kappa shape index (κ1) is 18.6. The van der Waals surface area contributed by atoms with E-state index in [2.05, 4.69) is 5.32 Å². The molecule has 1 rings (SSSR count). The van der Waals surface area contributed by atoms with Crippen molar-refractivity contribution in [2.75, 3.05) is 0 Å². The highest BCUT2D eigenvalue weighted by Gasteiger charge is 2.25. The fourth-order valence-corrected chi connectivity index (χ4v) is 2.07. The molecule has 1 atom stereocenters. The second-order valence-electron chi connectivity index (χ2n) is 5.58. The Morgan fingerprint density at radius 1 is 1.36 bits per heavy atom. The molecule has 0 radical (unpaired) electrons. The molecule has 0 aliphatic heterocycles. The maximum absolute atomic E-state index is 12.1. The number of carbonyl (C=O) groups is 2. The summed E-state index contributed by atoms with van der Waals surface area (Å²) in [4.78, 5) is 22.8. The minimum Gasteiger partial charge on any atom is -0.481 e. The summed E-state index contributed by atoms with van der Waals surface area (Å²) in [5.74, 6) is -0.941. The number of nitrogens with one attached hydrogen (secondary N) is 1. The molecule has 1 amide bonds. The zero-order chi connectivity index (χ0) is 16.9. The van der Waals surface area contributed by atoms with Crippen molar-refractivity contribution in [3.63, 3.8) is 0 Å². The van der Waals surface area contributed by atoms with E-state index in [0.29, 0.717) is 17.2 Å². The average molecular weight is 348 g/mol. The van der Waals surface area contributed by atoms with E-state index >= 15 is 0 Å². The molecule has 2 N–H and O–H groups in total. The molecule has 122 valence electrons. The van der Waals surface area contributed by atoms with Crippen LogP contribution in [0.1, 0.15) is 33.6 Å². The minimum absolute atomic E-state index is 0.0252. The lowest BCUT2D eigenvalue weighted by Crippen LogP contribution is -2.48. The van der Waals surface area contributed by atoms with Gasteiger partial charge < -0.3 is 15.2 Å². The van der Waals surface area contributed by atoms with Crippen LogP contribution in [0.2, 0.25) is 10.0 Å². The Bertz CT molecular complexity index is 560. The first-order valence-electron chi connectivity index (χ1n) is 6.77. The molecular formula is C15H19Cl2NO4. The number of carboxylic acid groups (broad SMARTS) is 1. The number of ether oxygens (including phenoxy) is 1. The summed E-state index contributed by atoms with van der Waals surface area (Å²) in [6.07, 6.45) is -0.499. The number of hydrogen-bond acceptors (Lipinski definition) is 3. The lowest BCUT2D eigenvalue weighted by Gasteiger charge is -2.27. The SMILES string of the molecule is CC(Oc1cccc(Cl)c1Cl)C(=O)NC(C)(C)CCC(=O)O. The minimum atomic E-state index is -0.905. The molecule has 0 saturated carbocycles. The summed E-state index contributed by atoms with van der Waals surface area (Å²) in [6, 6.07) is 4.91. The zero-order valence-electron chi connectivity index (χ0n) is 12.7. The fraction of sp³-hybridized carbons (Fsp3) is 0.467. The molecule has 0 heterocycles. The molecule has 0 aliphatic rings. The van der Waals surface area contributed by atoms with Gasteiger partial charge in [-0.3, -0.25) is 9.59 Å². The van der Waals surface area contributed by atoms with E-state index in [4.69, 9.17) is 33.0 Å². The maximum Gasteiger partial charge on any atom is 0.303 e. The summed E-state index contributed by atoms with van der Waals surface area (Å²) < 4.78 is 5.51. The molecule has 1 aromatic carbocycles. The number of carbonyl (C=O) groups excluding carboxylic acids is 1. The standard InChI is InChI=1S/C15H19Cl2NO4/c1-9(22-11-6-4-5-10(16)13(11)17)14(21)18-15(2,3)8-7-12(19)20/h4-6,9H,7-8H2,1-3H3,(H,18,21)(H,19,20). The second kappa shape index (κ2) is 7.70. The number of aliphatic carboxylic acids is 1. The average Bonchev–Trinajstić information content (AvgIpc) is 2.41. The summed E-state index contributed by atoms with van der Waals surface area (Å²) in [6.45, 7) is 5.10. The van der Waals surface area contributed by atoms with Crippen LogP contribution in [-0.4, -0.2) is 28.6 Å². The van der Waals surface area contributed by atoms with Gasteiger partial charge in [0.05, 0.1) is 5.02 Å². The van der Waals surface area contributed by atoms with Gasteiger partial charge in [-0.25, -0.2) is 0 Å². The lowest BCUT2D eigenvalue weighted by atomic mass is 9.98. The number of carboxylic acids is 1. The largest absolute Gasteiger partial charge is 0.481 e. The number of hydrogen-bond donors (Lipinski definition) is 2. The topological polar surface area (TPSA) is 75.6 Å². The molecular weight excluding hydrogens is 329 g/mol. The predicted molar refractivity (Wildman–Crippen MR) is 85.6 cm³/mol. The molecule has 22 heavy (non-hydrogen) atoms. The molecule has 1 unspecified atom stereocenters. The van der Waals surface area contributed by atoms with Crippen LogP contribution in [-0.2, 0) is 9.59 Å². The van der Waals surface area contributed by atoms with E-state index in [-0.39, 0.29) is 17.4 Å². The van der Waals surface area contributed by atoms with Crippen LogP contribution >= 0.6 is 23.2 Å². The predicted octanol–water partition coefficient (Wildman–Crippen LogP) is 3.52. The molecule has 7 heteroatoms. The number of amides is 1. The monoisotopic (exact) mass is 347 g/mol. The molecule has 1 aromatic rings.